The number of halogens is 1. The van der Waals surface area contributed by atoms with E-state index in [1.165, 1.54) is 5.69 Å². The summed E-state index contributed by atoms with van der Waals surface area (Å²) in [6.45, 7) is 11.7. The topological polar surface area (TPSA) is 15.7 Å². The quantitative estimate of drug-likeness (QED) is 0.717. The van der Waals surface area contributed by atoms with Gasteiger partial charge in [-0.3, -0.25) is 4.90 Å². The standard InChI is InChI=1S/C17H27ClN2O/c1-15(2)14-21-12-4-7-19-8-10-20(11-9-19)17-6-3-5-16(18)13-17/h3,5-6,13,15H,4,7-12,14H2,1-2H3. The molecule has 1 aromatic rings. The van der Waals surface area contributed by atoms with E-state index in [0.29, 0.717) is 5.92 Å². The molecule has 1 aliphatic rings. The SMILES string of the molecule is CC(C)COCCCN1CCN(c2cccc(Cl)c2)CC1. The van der Waals surface area contributed by atoms with Gasteiger partial charge in [-0.15, -0.1) is 0 Å². The van der Waals surface area contributed by atoms with Crippen LogP contribution in [0.5, 0.6) is 0 Å². The van der Waals surface area contributed by atoms with Crippen LogP contribution in [0.15, 0.2) is 24.3 Å². The van der Waals surface area contributed by atoms with Gasteiger partial charge in [-0.2, -0.15) is 0 Å². The lowest BCUT2D eigenvalue weighted by molar-refractivity contribution is 0.0985. The second-order valence-corrected chi connectivity index (χ2v) is 6.57. The first-order valence-electron chi connectivity index (χ1n) is 7.96. The van der Waals surface area contributed by atoms with Crippen LogP contribution in [0.4, 0.5) is 5.69 Å². The Morgan fingerprint density at radius 3 is 2.62 bits per heavy atom. The lowest BCUT2D eigenvalue weighted by Gasteiger charge is -2.36. The Morgan fingerprint density at radius 1 is 1.19 bits per heavy atom. The van der Waals surface area contributed by atoms with Crippen molar-refractivity contribution in [1.82, 2.24) is 4.90 Å². The van der Waals surface area contributed by atoms with E-state index in [1.807, 2.05) is 12.1 Å². The largest absolute Gasteiger partial charge is 0.381 e. The predicted molar refractivity (Wildman–Crippen MR) is 90.4 cm³/mol. The van der Waals surface area contributed by atoms with Gasteiger partial charge >= 0.3 is 0 Å². The second-order valence-electron chi connectivity index (χ2n) is 6.13. The number of benzene rings is 1. The normalized spacial score (nSPS) is 16.7. The summed E-state index contributed by atoms with van der Waals surface area (Å²) >= 11 is 6.06. The van der Waals surface area contributed by atoms with Gasteiger partial charge in [-0.25, -0.2) is 0 Å². The summed E-state index contributed by atoms with van der Waals surface area (Å²) in [5.74, 6) is 0.631. The fraction of sp³-hybridized carbons (Fsp3) is 0.647. The minimum atomic E-state index is 0.631. The molecule has 118 valence electrons. The zero-order chi connectivity index (χ0) is 15.1. The van der Waals surface area contributed by atoms with Crippen LogP contribution in [0.3, 0.4) is 0 Å². The summed E-state index contributed by atoms with van der Waals surface area (Å²) in [6.07, 6.45) is 1.13. The highest BCUT2D eigenvalue weighted by atomic mass is 35.5. The molecule has 4 heteroatoms. The van der Waals surface area contributed by atoms with Crippen LogP contribution in [0.2, 0.25) is 5.02 Å². The lowest BCUT2D eigenvalue weighted by atomic mass is 10.2. The average Bonchev–Trinajstić information content (AvgIpc) is 2.47. The van der Waals surface area contributed by atoms with E-state index < -0.39 is 0 Å². The molecule has 0 N–H and O–H groups in total. The monoisotopic (exact) mass is 310 g/mol. The van der Waals surface area contributed by atoms with Gasteiger partial charge in [0.25, 0.3) is 0 Å². The summed E-state index contributed by atoms with van der Waals surface area (Å²) in [5, 5.41) is 0.817. The molecule has 1 saturated heterocycles. The highest BCUT2D eigenvalue weighted by Gasteiger charge is 2.16. The van der Waals surface area contributed by atoms with Gasteiger partial charge in [0.05, 0.1) is 0 Å². The van der Waals surface area contributed by atoms with E-state index in [4.69, 9.17) is 16.3 Å². The Labute approximate surface area is 133 Å². The number of piperazine rings is 1. The van der Waals surface area contributed by atoms with Crippen molar-refractivity contribution >= 4 is 17.3 Å². The van der Waals surface area contributed by atoms with E-state index in [2.05, 4.69) is 35.8 Å². The summed E-state index contributed by atoms with van der Waals surface area (Å²) < 4.78 is 5.64. The molecule has 0 atom stereocenters. The van der Waals surface area contributed by atoms with Gasteiger partial charge in [-0.05, 0) is 30.5 Å². The van der Waals surface area contributed by atoms with Crippen LogP contribution < -0.4 is 4.90 Å². The van der Waals surface area contributed by atoms with E-state index in [1.54, 1.807) is 0 Å². The number of ether oxygens (including phenoxy) is 1. The third kappa shape index (κ3) is 5.85. The summed E-state index contributed by atoms with van der Waals surface area (Å²) in [4.78, 5) is 4.94. The van der Waals surface area contributed by atoms with Crippen molar-refractivity contribution in [1.29, 1.82) is 0 Å². The molecular weight excluding hydrogens is 284 g/mol. The van der Waals surface area contributed by atoms with Crippen LogP contribution in [0.1, 0.15) is 20.3 Å². The number of hydrogen-bond acceptors (Lipinski definition) is 3. The minimum absolute atomic E-state index is 0.631. The van der Waals surface area contributed by atoms with Crippen LogP contribution in [-0.4, -0.2) is 50.8 Å². The van der Waals surface area contributed by atoms with Crippen molar-refractivity contribution in [3.63, 3.8) is 0 Å². The third-order valence-electron chi connectivity index (χ3n) is 3.76. The maximum Gasteiger partial charge on any atom is 0.0489 e. The fourth-order valence-electron chi connectivity index (χ4n) is 2.61. The molecule has 0 radical (unpaired) electrons. The smallest absolute Gasteiger partial charge is 0.0489 e. The van der Waals surface area contributed by atoms with E-state index >= 15 is 0 Å². The van der Waals surface area contributed by atoms with Crippen molar-refractivity contribution in [3.8, 4) is 0 Å². The van der Waals surface area contributed by atoms with Gasteiger partial charge in [-0.1, -0.05) is 31.5 Å². The molecular formula is C17H27ClN2O. The summed E-state index contributed by atoms with van der Waals surface area (Å²) in [5.41, 5.74) is 1.24. The number of rotatable bonds is 7. The van der Waals surface area contributed by atoms with E-state index in [9.17, 15) is 0 Å². The maximum absolute atomic E-state index is 6.06. The second kappa shape index (κ2) is 8.62. The highest BCUT2D eigenvalue weighted by molar-refractivity contribution is 6.30. The molecule has 0 saturated carbocycles. The third-order valence-corrected chi connectivity index (χ3v) is 3.99. The van der Waals surface area contributed by atoms with Crippen LogP contribution in [0.25, 0.3) is 0 Å². The predicted octanol–water partition coefficient (Wildman–Crippen LogP) is 3.52. The molecule has 1 aliphatic heterocycles. The van der Waals surface area contributed by atoms with Crippen LogP contribution >= 0.6 is 11.6 Å². The molecule has 1 fully saturated rings. The molecule has 0 spiro atoms. The summed E-state index contributed by atoms with van der Waals surface area (Å²) in [6, 6.07) is 8.15. The van der Waals surface area contributed by atoms with Gasteiger partial charge in [0, 0.05) is 56.6 Å². The minimum Gasteiger partial charge on any atom is -0.381 e. The number of hydrogen-bond donors (Lipinski definition) is 0. The molecule has 3 nitrogen and oxygen atoms in total. The lowest BCUT2D eigenvalue weighted by Crippen LogP contribution is -2.46. The van der Waals surface area contributed by atoms with Crippen molar-refractivity contribution in [2.24, 2.45) is 5.92 Å². The van der Waals surface area contributed by atoms with Gasteiger partial charge < -0.3 is 9.64 Å². The number of anilines is 1. The Morgan fingerprint density at radius 2 is 1.95 bits per heavy atom. The molecule has 2 rings (SSSR count). The Bertz CT molecular complexity index is 417. The summed E-state index contributed by atoms with van der Waals surface area (Å²) in [7, 11) is 0. The van der Waals surface area contributed by atoms with Crippen LogP contribution in [-0.2, 0) is 4.74 Å². The molecule has 1 heterocycles. The fourth-order valence-corrected chi connectivity index (χ4v) is 2.80. The van der Waals surface area contributed by atoms with Crippen LogP contribution in [0, 0.1) is 5.92 Å². The molecule has 1 aromatic carbocycles. The van der Waals surface area contributed by atoms with Crippen molar-refractivity contribution < 1.29 is 4.74 Å². The van der Waals surface area contributed by atoms with Crippen molar-refractivity contribution in [3.05, 3.63) is 29.3 Å². The molecule has 0 bridgehead atoms. The molecule has 0 aromatic heterocycles. The average molecular weight is 311 g/mol. The Hall–Kier alpha value is -0.770. The Kier molecular flexibility index (Phi) is 6.81. The zero-order valence-corrected chi connectivity index (χ0v) is 14.0. The Balaban J connectivity index is 1.64. The van der Waals surface area contributed by atoms with Crippen molar-refractivity contribution in [2.75, 3.05) is 50.8 Å². The van der Waals surface area contributed by atoms with Gasteiger partial charge in [0.1, 0.15) is 0 Å². The highest BCUT2D eigenvalue weighted by Crippen LogP contribution is 2.20. The number of nitrogens with zero attached hydrogens (tertiary/aromatic N) is 2. The first-order chi connectivity index (χ1) is 10.1. The van der Waals surface area contributed by atoms with Crippen molar-refractivity contribution in [2.45, 2.75) is 20.3 Å². The van der Waals surface area contributed by atoms with E-state index in [-0.39, 0.29) is 0 Å². The zero-order valence-electron chi connectivity index (χ0n) is 13.2. The molecule has 0 unspecified atom stereocenters. The first kappa shape index (κ1) is 16.6. The van der Waals surface area contributed by atoms with E-state index in [0.717, 1.165) is 57.4 Å². The molecule has 0 aliphatic carbocycles. The maximum atomic E-state index is 6.06. The van der Waals surface area contributed by atoms with Gasteiger partial charge in [0.15, 0.2) is 0 Å². The molecule has 0 amide bonds. The van der Waals surface area contributed by atoms with Gasteiger partial charge in [0.2, 0.25) is 0 Å². The first-order valence-corrected chi connectivity index (χ1v) is 8.33. The molecule has 21 heavy (non-hydrogen) atoms.